The monoisotopic (exact) mass is 464 g/mol. The molecule has 2 aromatic carbocycles. The molecule has 1 saturated heterocycles. The quantitative estimate of drug-likeness (QED) is 0.326. The molecule has 1 aliphatic rings. The van der Waals surface area contributed by atoms with Crippen molar-refractivity contribution in [2.24, 2.45) is 4.99 Å². The van der Waals surface area contributed by atoms with E-state index in [0.717, 1.165) is 41.1 Å². The van der Waals surface area contributed by atoms with Gasteiger partial charge in [-0.2, -0.15) is 0 Å². The third kappa shape index (κ3) is 5.22. The minimum atomic E-state index is -0.372. The molecule has 1 fully saturated rings. The molecule has 1 amide bonds. The minimum Gasteiger partial charge on any atom is -0.343 e. The molecule has 0 spiro atoms. The van der Waals surface area contributed by atoms with Crippen LogP contribution in [0.25, 0.3) is 11.3 Å². The highest BCUT2D eigenvalue weighted by molar-refractivity contribution is 7.07. The van der Waals surface area contributed by atoms with Gasteiger partial charge in [0.15, 0.2) is 4.80 Å². The van der Waals surface area contributed by atoms with Crippen LogP contribution in [0.15, 0.2) is 58.9 Å². The smallest absolute Gasteiger partial charge is 0.270 e. The number of amides is 1. The second-order valence-corrected chi connectivity index (χ2v) is 9.36. The molecule has 3 aromatic rings. The van der Waals surface area contributed by atoms with E-state index in [1.54, 1.807) is 12.1 Å². The van der Waals surface area contributed by atoms with Crippen molar-refractivity contribution < 1.29 is 9.72 Å². The first-order valence-corrected chi connectivity index (χ1v) is 12.2. The first kappa shape index (κ1) is 22.9. The summed E-state index contributed by atoms with van der Waals surface area (Å²) in [5, 5.41) is 13.3. The van der Waals surface area contributed by atoms with E-state index < -0.39 is 0 Å². The van der Waals surface area contributed by atoms with E-state index in [4.69, 9.17) is 4.99 Å². The standard InChI is InChI=1S/C25H28N4O3S/c1-18(2)21-10-3-4-11-22(21)26-25-28(15-7-14-27-13-6-12-24(27)30)23(17-33-25)19-8-5-9-20(16-19)29(31)32/h3-5,8-11,16-18H,6-7,12-15H2,1-2H3. The molecule has 0 N–H and O–H groups in total. The fraction of sp³-hybridized carbons (Fsp3) is 0.360. The number of nitro benzene ring substituents is 1. The second-order valence-electron chi connectivity index (χ2n) is 8.53. The summed E-state index contributed by atoms with van der Waals surface area (Å²) in [5.41, 5.74) is 3.87. The van der Waals surface area contributed by atoms with Crippen LogP contribution in [0.4, 0.5) is 11.4 Å². The zero-order valence-electron chi connectivity index (χ0n) is 18.9. The second kappa shape index (κ2) is 10.1. The molecule has 33 heavy (non-hydrogen) atoms. The summed E-state index contributed by atoms with van der Waals surface area (Å²) < 4.78 is 2.13. The minimum absolute atomic E-state index is 0.0663. The van der Waals surface area contributed by atoms with E-state index in [2.05, 4.69) is 24.5 Å². The molecule has 172 valence electrons. The molecule has 0 radical (unpaired) electrons. The van der Waals surface area contributed by atoms with Crippen LogP contribution in [-0.2, 0) is 11.3 Å². The van der Waals surface area contributed by atoms with E-state index in [0.29, 0.717) is 25.4 Å². The number of likely N-dealkylation sites (tertiary alicyclic amines) is 1. The highest BCUT2D eigenvalue weighted by Gasteiger charge is 2.20. The van der Waals surface area contributed by atoms with Crippen molar-refractivity contribution in [1.82, 2.24) is 9.47 Å². The summed E-state index contributed by atoms with van der Waals surface area (Å²) in [6.45, 7) is 6.51. The Balaban J connectivity index is 1.73. The molecule has 8 heteroatoms. The lowest BCUT2D eigenvalue weighted by molar-refractivity contribution is -0.384. The summed E-state index contributed by atoms with van der Waals surface area (Å²) in [6.07, 6.45) is 2.36. The van der Waals surface area contributed by atoms with E-state index in [-0.39, 0.29) is 16.5 Å². The number of thiazole rings is 1. The van der Waals surface area contributed by atoms with Gasteiger partial charge in [-0.05, 0) is 30.4 Å². The average molecular weight is 465 g/mol. The fourth-order valence-corrected chi connectivity index (χ4v) is 5.13. The van der Waals surface area contributed by atoms with Gasteiger partial charge < -0.3 is 9.47 Å². The summed E-state index contributed by atoms with van der Waals surface area (Å²) in [4.78, 5) is 30.7. The lowest BCUT2D eigenvalue weighted by Gasteiger charge is -2.16. The Morgan fingerprint density at radius 1 is 1.15 bits per heavy atom. The maximum Gasteiger partial charge on any atom is 0.270 e. The highest BCUT2D eigenvalue weighted by Crippen LogP contribution is 2.28. The van der Waals surface area contributed by atoms with E-state index in [1.165, 1.54) is 23.0 Å². The average Bonchev–Trinajstić information content (AvgIpc) is 3.40. The van der Waals surface area contributed by atoms with Crippen molar-refractivity contribution >= 4 is 28.6 Å². The molecular weight excluding hydrogens is 436 g/mol. The van der Waals surface area contributed by atoms with Crippen LogP contribution >= 0.6 is 11.3 Å². The molecule has 0 aliphatic carbocycles. The van der Waals surface area contributed by atoms with E-state index >= 15 is 0 Å². The van der Waals surface area contributed by atoms with Gasteiger partial charge in [-0.1, -0.05) is 44.2 Å². The maximum atomic E-state index is 12.0. The van der Waals surface area contributed by atoms with Gasteiger partial charge in [0.05, 0.1) is 16.3 Å². The van der Waals surface area contributed by atoms with Crippen LogP contribution in [0, 0.1) is 10.1 Å². The van der Waals surface area contributed by atoms with Crippen LogP contribution in [0.3, 0.4) is 0 Å². The topological polar surface area (TPSA) is 80.7 Å². The van der Waals surface area contributed by atoms with Crippen molar-refractivity contribution in [2.75, 3.05) is 13.1 Å². The molecular formula is C25H28N4O3S. The van der Waals surface area contributed by atoms with Crippen molar-refractivity contribution in [3.05, 3.63) is 74.4 Å². The van der Waals surface area contributed by atoms with Gasteiger partial charge in [0.1, 0.15) is 0 Å². The van der Waals surface area contributed by atoms with Gasteiger partial charge in [-0.25, -0.2) is 4.99 Å². The predicted octanol–water partition coefficient (Wildman–Crippen LogP) is 5.49. The van der Waals surface area contributed by atoms with Gasteiger partial charge in [0.2, 0.25) is 5.91 Å². The number of hydrogen-bond acceptors (Lipinski definition) is 5. The van der Waals surface area contributed by atoms with Crippen molar-refractivity contribution in [3.8, 4) is 11.3 Å². The maximum absolute atomic E-state index is 12.0. The summed E-state index contributed by atoms with van der Waals surface area (Å²) in [6, 6.07) is 14.8. The van der Waals surface area contributed by atoms with Crippen molar-refractivity contribution in [1.29, 1.82) is 0 Å². The lowest BCUT2D eigenvalue weighted by Crippen LogP contribution is -2.27. The number of carbonyl (C=O) groups is 1. The zero-order chi connectivity index (χ0) is 23.4. The molecule has 0 saturated carbocycles. The van der Waals surface area contributed by atoms with Gasteiger partial charge in [-0.3, -0.25) is 14.9 Å². The van der Waals surface area contributed by atoms with E-state index in [1.807, 2.05) is 34.5 Å². The molecule has 2 heterocycles. The summed E-state index contributed by atoms with van der Waals surface area (Å²) >= 11 is 1.53. The third-order valence-electron chi connectivity index (χ3n) is 5.91. The fourth-order valence-electron chi connectivity index (χ4n) is 4.19. The van der Waals surface area contributed by atoms with Gasteiger partial charge in [-0.15, -0.1) is 11.3 Å². The van der Waals surface area contributed by atoms with Crippen LogP contribution < -0.4 is 4.80 Å². The number of hydrogen-bond donors (Lipinski definition) is 0. The SMILES string of the molecule is CC(C)c1ccccc1N=c1scc(-c2cccc([N+](=O)[O-])c2)n1CCCN1CCCC1=O. The highest BCUT2D eigenvalue weighted by atomic mass is 32.1. The van der Waals surface area contributed by atoms with Crippen LogP contribution in [0.2, 0.25) is 0 Å². The molecule has 7 nitrogen and oxygen atoms in total. The molecule has 0 atom stereocenters. The van der Waals surface area contributed by atoms with Crippen LogP contribution in [0.5, 0.6) is 0 Å². The van der Waals surface area contributed by atoms with Crippen LogP contribution in [0.1, 0.15) is 44.6 Å². The first-order valence-electron chi connectivity index (χ1n) is 11.3. The van der Waals surface area contributed by atoms with Gasteiger partial charge in [0.25, 0.3) is 5.69 Å². The third-order valence-corrected chi connectivity index (χ3v) is 6.77. The Bertz CT molecular complexity index is 1230. The zero-order valence-corrected chi connectivity index (χ0v) is 19.8. The Hall–Kier alpha value is -3.26. The van der Waals surface area contributed by atoms with Gasteiger partial charge in [0, 0.05) is 49.1 Å². The number of rotatable bonds is 8. The molecule has 1 aromatic heterocycles. The van der Waals surface area contributed by atoms with Crippen molar-refractivity contribution in [2.45, 2.75) is 45.6 Å². The molecule has 0 unspecified atom stereocenters. The Labute approximate surface area is 197 Å². The number of nitro groups is 1. The summed E-state index contributed by atoms with van der Waals surface area (Å²) in [7, 11) is 0. The predicted molar refractivity (Wildman–Crippen MR) is 131 cm³/mol. The van der Waals surface area contributed by atoms with Crippen molar-refractivity contribution in [3.63, 3.8) is 0 Å². The number of carbonyl (C=O) groups excluding carboxylic acids is 1. The Morgan fingerprint density at radius 2 is 1.97 bits per heavy atom. The number of non-ortho nitro benzene ring substituents is 1. The number of nitrogens with zero attached hydrogens (tertiary/aromatic N) is 4. The van der Waals surface area contributed by atoms with Crippen LogP contribution in [-0.4, -0.2) is 33.4 Å². The van der Waals surface area contributed by atoms with E-state index in [9.17, 15) is 14.9 Å². The molecule has 4 rings (SSSR count). The molecule has 0 bridgehead atoms. The summed E-state index contributed by atoms with van der Waals surface area (Å²) in [5.74, 6) is 0.566. The number of aromatic nitrogens is 1. The molecule has 1 aliphatic heterocycles. The number of para-hydroxylation sites is 1. The number of benzene rings is 2. The first-order chi connectivity index (χ1) is 15.9. The largest absolute Gasteiger partial charge is 0.343 e. The Morgan fingerprint density at radius 3 is 2.70 bits per heavy atom. The Kier molecular flexibility index (Phi) is 7.03. The normalized spacial score (nSPS) is 14.5. The lowest BCUT2D eigenvalue weighted by atomic mass is 10.0. The van der Waals surface area contributed by atoms with Gasteiger partial charge >= 0.3 is 0 Å².